The smallest absolute Gasteiger partial charge is 0.154 e. The molecule has 8 heteroatoms. The lowest BCUT2D eigenvalue weighted by atomic mass is 10.0. The van der Waals surface area contributed by atoms with Gasteiger partial charge in [-0.05, 0) is 53.5 Å². The summed E-state index contributed by atoms with van der Waals surface area (Å²) in [6, 6.07) is 11.8. The first-order chi connectivity index (χ1) is 16.9. The predicted octanol–water partition coefficient (Wildman–Crippen LogP) is 4.93. The molecule has 0 aromatic carbocycles. The maximum Gasteiger partial charge on any atom is 0.154 e. The van der Waals surface area contributed by atoms with Gasteiger partial charge in [0, 0.05) is 50.4 Å². The molecule has 4 heterocycles. The Hall–Kier alpha value is -4.33. The Morgan fingerprint density at radius 2 is 1.94 bits per heavy atom. The Balaban J connectivity index is 1.59. The number of rotatable bonds is 9. The molecule has 4 aromatic heterocycles. The summed E-state index contributed by atoms with van der Waals surface area (Å²) < 4.78 is 0. The molecule has 4 aromatic rings. The fraction of sp³-hybridized carbons (Fsp3) is 0.222. The number of nitrogens with one attached hydrogen (secondary N) is 2. The van der Waals surface area contributed by atoms with Crippen LogP contribution in [0.3, 0.4) is 0 Å². The van der Waals surface area contributed by atoms with E-state index in [1.807, 2.05) is 69.1 Å². The molecule has 35 heavy (non-hydrogen) atoms. The fourth-order valence-electron chi connectivity index (χ4n) is 3.69. The number of hydrogen-bond donors (Lipinski definition) is 2. The monoisotopic (exact) mass is 466 g/mol. The van der Waals surface area contributed by atoms with E-state index < -0.39 is 0 Å². The lowest BCUT2D eigenvalue weighted by molar-refractivity contribution is 0.843. The Morgan fingerprint density at radius 1 is 1.09 bits per heavy atom. The van der Waals surface area contributed by atoms with Crippen LogP contribution in [0.1, 0.15) is 30.9 Å². The summed E-state index contributed by atoms with van der Waals surface area (Å²) in [5.41, 5.74) is 6.57. The Bertz CT molecular complexity index is 1350. The second-order valence-electron chi connectivity index (χ2n) is 8.63. The van der Waals surface area contributed by atoms with Crippen LogP contribution in [0.25, 0.3) is 16.6 Å². The van der Waals surface area contributed by atoms with E-state index in [1.54, 1.807) is 12.4 Å². The first kappa shape index (κ1) is 23.8. The van der Waals surface area contributed by atoms with E-state index in [0.717, 1.165) is 39.0 Å². The number of aromatic nitrogens is 5. The van der Waals surface area contributed by atoms with Crippen molar-refractivity contribution in [3.63, 3.8) is 0 Å². The van der Waals surface area contributed by atoms with E-state index >= 15 is 0 Å². The average Bonchev–Trinajstić information content (AvgIpc) is 2.87. The molecule has 0 spiro atoms. The van der Waals surface area contributed by atoms with Gasteiger partial charge in [0.05, 0.1) is 29.1 Å². The van der Waals surface area contributed by atoms with E-state index in [0.29, 0.717) is 24.1 Å². The number of hydrogen-bond acceptors (Lipinski definition) is 8. The van der Waals surface area contributed by atoms with Crippen molar-refractivity contribution in [3.05, 3.63) is 90.7 Å². The van der Waals surface area contributed by atoms with Crippen LogP contribution < -0.4 is 15.5 Å². The highest BCUT2D eigenvalue weighted by Gasteiger charge is 2.12. The minimum absolute atomic E-state index is 0.366. The molecule has 0 radical (unpaired) electrons. The van der Waals surface area contributed by atoms with Crippen LogP contribution in [0.15, 0.2) is 79.5 Å². The van der Waals surface area contributed by atoms with Gasteiger partial charge >= 0.3 is 0 Å². The van der Waals surface area contributed by atoms with Crippen molar-refractivity contribution in [3.8, 4) is 0 Å². The normalized spacial score (nSPS) is 11.5. The molecule has 0 saturated carbocycles. The first-order valence-electron chi connectivity index (χ1n) is 11.5. The van der Waals surface area contributed by atoms with Crippen LogP contribution in [-0.2, 0) is 0 Å². The quantitative estimate of drug-likeness (QED) is 0.335. The van der Waals surface area contributed by atoms with Gasteiger partial charge in [0.15, 0.2) is 5.82 Å². The van der Waals surface area contributed by atoms with Gasteiger partial charge in [-0.3, -0.25) is 9.97 Å². The molecule has 8 nitrogen and oxygen atoms in total. The van der Waals surface area contributed by atoms with Crippen LogP contribution in [0.4, 0.5) is 17.3 Å². The van der Waals surface area contributed by atoms with Crippen molar-refractivity contribution in [1.29, 1.82) is 0 Å². The maximum atomic E-state index is 4.78. The van der Waals surface area contributed by atoms with E-state index in [2.05, 4.69) is 56.1 Å². The van der Waals surface area contributed by atoms with Gasteiger partial charge in [-0.25, -0.2) is 4.98 Å². The van der Waals surface area contributed by atoms with Gasteiger partial charge in [0.2, 0.25) is 0 Å². The summed E-state index contributed by atoms with van der Waals surface area (Å²) in [5, 5.41) is 14.7. The number of nitrogens with zero attached hydrogens (tertiary/aromatic N) is 6. The molecular formula is C27H30N8. The highest BCUT2D eigenvalue weighted by atomic mass is 15.2. The van der Waals surface area contributed by atoms with Crippen LogP contribution in [0.5, 0.6) is 0 Å². The summed E-state index contributed by atoms with van der Waals surface area (Å²) in [6.07, 6.45) is 9.19. The standard InChI is InChI=1S/C27H30N8/c1-18(2)20-12-27(34-31-14-20)33-26-9-8-24-25(32-26)11-21(13-30-24)23(16-28-4)19(3)17-35(5)22-7-6-10-29-15-22/h6-16,18,28H,3,17H2,1-2,4-5H3,(H,32,33,34)/b23-16+. The summed E-state index contributed by atoms with van der Waals surface area (Å²) in [4.78, 5) is 15.7. The lowest BCUT2D eigenvalue weighted by Crippen LogP contribution is -2.20. The molecule has 0 unspecified atom stereocenters. The third kappa shape index (κ3) is 5.78. The molecule has 0 fully saturated rings. The second kappa shape index (κ2) is 10.7. The molecule has 0 amide bonds. The fourth-order valence-corrected chi connectivity index (χ4v) is 3.69. The molecule has 178 valence electrons. The van der Waals surface area contributed by atoms with Gasteiger partial charge in [-0.15, -0.1) is 5.10 Å². The SMILES string of the molecule is C=C(CN(C)c1cccnc1)/C(=C\NC)c1cnc2ccc(Nc3cc(C(C)C)cnn3)nc2c1. The molecule has 4 rings (SSSR count). The van der Waals surface area contributed by atoms with Gasteiger partial charge in [-0.1, -0.05) is 20.4 Å². The Kier molecular flexibility index (Phi) is 7.30. The zero-order valence-electron chi connectivity index (χ0n) is 20.5. The van der Waals surface area contributed by atoms with E-state index in [-0.39, 0.29) is 0 Å². The molecule has 0 bridgehead atoms. The molecular weight excluding hydrogens is 436 g/mol. The summed E-state index contributed by atoms with van der Waals surface area (Å²) in [7, 11) is 3.90. The van der Waals surface area contributed by atoms with Gasteiger partial charge in [0.25, 0.3) is 0 Å². The zero-order valence-corrected chi connectivity index (χ0v) is 20.5. The van der Waals surface area contributed by atoms with Gasteiger partial charge in [0.1, 0.15) is 5.82 Å². The van der Waals surface area contributed by atoms with E-state index in [4.69, 9.17) is 4.98 Å². The number of anilines is 3. The van der Waals surface area contributed by atoms with Crippen LogP contribution >= 0.6 is 0 Å². The largest absolute Gasteiger partial charge is 0.393 e. The van der Waals surface area contributed by atoms with Crippen LogP contribution in [0, 0.1) is 0 Å². The molecule has 2 N–H and O–H groups in total. The molecule has 0 atom stereocenters. The third-order valence-electron chi connectivity index (χ3n) is 5.63. The third-order valence-corrected chi connectivity index (χ3v) is 5.63. The minimum atomic E-state index is 0.366. The minimum Gasteiger partial charge on any atom is -0.393 e. The maximum absolute atomic E-state index is 4.78. The van der Waals surface area contributed by atoms with Crippen molar-refractivity contribution in [1.82, 2.24) is 30.5 Å². The number of fused-ring (bicyclic) bond motifs is 1. The second-order valence-corrected chi connectivity index (χ2v) is 8.63. The van der Waals surface area contributed by atoms with Crippen molar-refractivity contribution in [2.75, 3.05) is 30.9 Å². The van der Waals surface area contributed by atoms with E-state index in [9.17, 15) is 0 Å². The van der Waals surface area contributed by atoms with Crippen LogP contribution in [0.2, 0.25) is 0 Å². The molecule has 0 aliphatic carbocycles. The van der Waals surface area contributed by atoms with Crippen molar-refractivity contribution >= 4 is 33.9 Å². The highest BCUT2D eigenvalue weighted by Crippen LogP contribution is 2.26. The average molecular weight is 467 g/mol. The van der Waals surface area contributed by atoms with Crippen molar-refractivity contribution in [2.24, 2.45) is 0 Å². The lowest BCUT2D eigenvalue weighted by Gasteiger charge is -2.22. The molecule has 0 saturated heterocycles. The topological polar surface area (TPSA) is 91.8 Å². The molecule has 0 aliphatic rings. The number of pyridine rings is 3. The summed E-state index contributed by atoms with van der Waals surface area (Å²) in [5.74, 6) is 1.71. The first-order valence-corrected chi connectivity index (χ1v) is 11.5. The van der Waals surface area contributed by atoms with E-state index in [1.165, 1.54) is 0 Å². The molecule has 0 aliphatic heterocycles. The Morgan fingerprint density at radius 3 is 2.69 bits per heavy atom. The zero-order chi connectivity index (χ0) is 24.8. The van der Waals surface area contributed by atoms with Crippen LogP contribution in [-0.4, -0.2) is 45.8 Å². The van der Waals surface area contributed by atoms with Crippen molar-refractivity contribution < 1.29 is 0 Å². The van der Waals surface area contributed by atoms with Gasteiger partial charge in [-0.2, -0.15) is 5.10 Å². The number of likely N-dealkylation sites (N-methyl/N-ethyl adjacent to an activating group) is 1. The summed E-state index contributed by atoms with van der Waals surface area (Å²) in [6.45, 7) is 9.23. The van der Waals surface area contributed by atoms with Crippen molar-refractivity contribution in [2.45, 2.75) is 19.8 Å². The Labute approximate surface area is 205 Å². The highest BCUT2D eigenvalue weighted by molar-refractivity contribution is 5.85. The summed E-state index contributed by atoms with van der Waals surface area (Å²) >= 11 is 0. The van der Waals surface area contributed by atoms with Gasteiger partial charge < -0.3 is 15.5 Å². The predicted molar refractivity (Wildman–Crippen MR) is 143 cm³/mol.